The summed E-state index contributed by atoms with van der Waals surface area (Å²) in [5.74, 6) is -2.20. The van der Waals surface area contributed by atoms with Gasteiger partial charge in [0.1, 0.15) is 4.83 Å². The van der Waals surface area contributed by atoms with Crippen molar-refractivity contribution < 1.29 is 22.8 Å². The van der Waals surface area contributed by atoms with Crippen LogP contribution < -0.4 is 5.32 Å². The summed E-state index contributed by atoms with van der Waals surface area (Å²) in [6.45, 7) is 0. The van der Waals surface area contributed by atoms with E-state index in [1.807, 2.05) is 5.32 Å². The lowest BCUT2D eigenvalue weighted by atomic mass is 9.95. The van der Waals surface area contributed by atoms with E-state index in [0.29, 0.717) is 0 Å². The maximum absolute atomic E-state index is 12.7. The predicted molar refractivity (Wildman–Crippen MR) is 65.1 cm³/mol. The van der Waals surface area contributed by atoms with Gasteiger partial charge in [0.2, 0.25) is 11.8 Å². The molecule has 102 valence electrons. The zero-order valence-corrected chi connectivity index (χ0v) is 11.4. The molecule has 1 saturated heterocycles. The minimum absolute atomic E-state index is 0.0851. The number of hydrogen-bond acceptors (Lipinski definition) is 2. The first-order valence-corrected chi connectivity index (χ1v) is 6.36. The van der Waals surface area contributed by atoms with Gasteiger partial charge in [0.05, 0.1) is 16.5 Å². The van der Waals surface area contributed by atoms with Crippen LogP contribution in [0.3, 0.4) is 0 Å². The number of rotatable bonds is 1. The fourth-order valence-corrected chi connectivity index (χ4v) is 2.71. The molecule has 2 unspecified atom stereocenters. The third-order valence-electron chi connectivity index (χ3n) is 2.73. The second-order valence-electron chi connectivity index (χ2n) is 3.97. The molecule has 3 nitrogen and oxygen atoms in total. The number of alkyl halides is 4. The van der Waals surface area contributed by atoms with E-state index < -0.39 is 39.3 Å². The molecular formula is C11H6BrClF3NO2. The first kappa shape index (κ1) is 14.3. The van der Waals surface area contributed by atoms with Gasteiger partial charge in [-0.1, -0.05) is 33.6 Å². The molecule has 0 aromatic heterocycles. The van der Waals surface area contributed by atoms with Gasteiger partial charge in [-0.15, -0.1) is 0 Å². The van der Waals surface area contributed by atoms with Crippen LogP contribution in [-0.4, -0.2) is 16.6 Å². The van der Waals surface area contributed by atoms with E-state index in [9.17, 15) is 22.8 Å². The molecule has 2 amide bonds. The van der Waals surface area contributed by atoms with Crippen LogP contribution in [0.15, 0.2) is 18.2 Å². The molecule has 0 spiro atoms. The third-order valence-corrected chi connectivity index (χ3v) is 4.00. The fraction of sp³-hybridized carbons (Fsp3) is 0.273. The van der Waals surface area contributed by atoms with Gasteiger partial charge in [-0.3, -0.25) is 14.9 Å². The van der Waals surface area contributed by atoms with Crippen molar-refractivity contribution in [1.82, 2.24) is 5.32 Å². The van der Waals surface area contributed by atoms with Crippen LogP contribution >= 0.6 is 27.5 Å². The van der Waals surface area contributed by atoms with E-state index in [-0.39, 0.29) is 5.56 Å². The molecule has 0 saturated carbocycles. The summed E-state index contributed by atoms with van der Waals surface area (Å²) in [6.07, 6.45) is -4.62. The minimum atomic E-state index is -4.62. The number of amides is 2. The maximum Gasteiger partial charge on any atom is 0.417 e. The summed E-state index contributed by atoms with van der Waals surface area (Å²) in [7, 11) is 0. The Kier molecular flexibility index (Phi) is 3.61. The smallest absolute Gasteiger partial charge is 0.295 e. The Morgan fingerprint density at radius 3 is 2.32 bits per heavy atom. The Morgan fingerprint density at radius 1 is 1.21 bits per heavy atom. The van der Waals surface area contributed by atoms with Crippen LogP contribution in [0.4, 0.5) is 13.2 Å². The lowest BCUT2D eigenvalue weighted by Crippen LogP contribution is -2.22. The van der Waals surface area contributed by atoms with Gasteiger partial charge in [-0.05, 0) is 17.7 Å². The summed E-state index contributed by atoms with van der Waals surface area (Å²) in [5, 5.41) is 1.60. The molecule has 1 N–H and O–H groups in total. The minimum Gasteiger partial charge on any atom is -0.295 e. The molecule has 2 atom stereocenters. The first-order valence-electron chi connectivity index (χ1n) is 5.07. The zero-order valence-electron chi connectivity index (χ0n) is 9.09. The Hall–Kier alpha value is -1.08. The van der Waals surface area contributed by atoms with Crippen molar-refractivity contribution in [3.8, 4) is 0 Å². The van der Waals surface area contributed by atoms with Crippen LogP contribution in [0.5, 0.6) is 0 Å². The largest absolute Gasteiger partial charge is 0.417 e. The molecule has 1 heterocycles. The van der Waals surface area contributed by atoms with Gasteiger partial charge < -0.3 is 0 Å². The quantitative estimate of drug-likeness (QED) is 0.621. The van der Waals surface area contributed by atoms with Gasteiger partial charge in [-0.25, -0.2) is 0 Å². The number of imide groups is 1. The number of hydrogen-bond donors (Lipinski definition) is 1. The highest BCUT2D eigenvalue weighted by atomic mass is 79.9. The van der Waals surface area contributed by atoms with Gasteiger partial charge in [0.25, 0.3) is 0 Å². The van der Waals surface area contributed by atoms with Crippen LogP contribution in [0, 0.1) is 0 Å². The SMILES string of the molecule is O=C1NC(=O)C(c2ccc(Cl)c(C(F)(F)F)c2)C1Br. The number of nitrogens with one attached hydrogen (secondary N) is 1. The van der Waals surface area contributed by atoms with Crippen molar-refractivity contribution in [2.75, 3.05) is 0 Å². The van der Waals surface area contributed by atoms with Crippen molar-refractivity contribution in [1.29, 1.82) is 0 Å². The molecule has 1 aliphatic rings. The number of carbonyl (C=O) groups excluding carboxylic acids is 2. The predicted octanol–water partition coefficient (Wildman–Crippen LogP) is 2.86. The molecule has 1 aliphatic heterocycles. The van der Waals surface area contributed by atoms with Gasteiger partial charge >= 0.3 is 6.18 Å². The average Bonchev–Trinajstić information content (AvgIpc) is 2.53. The lowest BCUT2D eigenvalue weighted by Gasteiger charge is -2.14. The molecule has 19 heavy (non-hydrogen) atoms. The number of benzene rings is 1. The highest BCUT2D eigenvalue weighted by Crippen LogP contribution is 2.38. The van der Waals surface area contributed by atoms with E-state index in [0.717, 1.165) is 12.1 Å². The van der Waals surface area contributed by atoms with E-state index in [2.05, 4.69) is 15.9 Å². The average molecular weight is 357 g/mol. The first-order chi connectivity index (χ1) is 8.71. The molecular weight excluding hydrogens is 350 g/mol. The Balaban J connectivity index is 2.47. The van der Waals surface area contributed by atoms with Crippen molar-refractivity contribution in [2.45, 2.75) is 16.9 Å². The maximum atomic E-state index is 12.7. The normalized spacial score (nSPS) is 23.6. The Morgan fingerprint density at radius 2 is 1.84 bits per heavy atom. The molecule has 1 fully saturated rings. The second kappa shape index (κ2) is 4.79. The number of carbonyl (C=O) groups is 2. The highest BCUT2D eigenvalue weighted by molar-refractivity contribution is 9.10. The van der Waals surface area contributed by atoms with Crippen LogP contribution in [0.2, 0.25) is 5.02 Å². The van der Waals surface area contributed by atoms with E-state index in [4.69, 9.17) is 11.6 Å². The standard InChI is InChI=1S/C11H6BrClF3NO2/c12-8-7(9(18)17-10(8)19)4-1-2-6(13)5(3-4)11(14,15)16/h1-3,7-8H,(H,17,18,19). The number of halogens is 5. The summed E-state index contributed by atoms with van der Waals surface area (Å²) in [4.78, 5) is 22.0. The summed E-state index contributed by atoms with van der Waals surface area (Å²) in [6, 6.07) is 3.16. The fourth-order valence-electron chi connectivity index (χ4n) is 1.83. The zero-order chi connectivity index (χ0) is 14.4. The monoisotopic (exact) mass is 355 g/mol. The van der Waals surface area contributed by atoms with Crippen molar-refractivity contribution in [2.24, 2.45) is 0 Å². The van der Waals surface area contributed by atoms with E-state index in [1.165, 1.54) is 6.07 Å². The van der Waals surface area contributed by atoms with E-state index >= 15 is 0 Å². The Labute approximate surface area is 119 Å². The van der Waals surface area contributed by atoms with Crippen molar-refractivity contribution in [3.63, 3.8) is 0 Å². The molecule has 8 heteroatoms. The van der Waals surface area contributed by atoms with Crippen LogP contribution in [0.1, 0.15) is 17.0 Å². The summed E-state index contributed by atoms with van der Waals surface area (Å²) in [5.41, 5.74) is -0.944. The van der Waals surface area contributed by atoms with Gasteiger partial charge in [-0.2, -0.15) is 13.2 Å². The molecule has 0 radical (unpaired) electrons. The summed E-state index contributed by atoms with van der Waals surface area (Å²) >= 11 is 8.48. The van der Waals surface area contributed by atoms with Crippen molar-refractivity contribution in [3.05, 3.63) is 34.3 Å². The Bertz CT molecular complexity index is 561. The highest BCUT2D eigenvalue weighted by Gasteiger charge is 2.42. The lowest BCUT2D eigenvalue weighted by molar-refractivity contribution is -0.137. The van der Waals surface area contributed by atoms with Crippen LogP contribution in [-0.2, 0) is 15.8 Å². The van der Waals surface area contributed by atoms with E-state index in [1.54, 1.807) is 0 Å². The van der Waals surface area contributed by atoms with Gasteiger partial charge in [0, 0.05) is 0 Å². The second-order valence-corrected chi connectivity index (χ2v) is 5.36. The molecule has 1 aromatic carbocycles. The third kappa shape index (κ3) is 2.62. The molecule has 1 aromatic rings. The topological polar surface area (TPSA) is 46.2 Å². The molecule has 0 bridgehead atoms. The molecule has 0 aliphatic carbocycles. The van der Waals surface area contributed by atoms with Crippen LogP contribution in [0.25, 0.3) is 0 Å². The molecule has 2 rings (SSSR count). The van der Waals surface area contributed by atoms with Crippen molar-refractivity contribution >= 4 is 39.3 Å². The summed E-state index contributed by atoms with van der Waals surface area (Å²) < 4.78 is 38.2. The van der Waals surface area contributed by atoms with Gasteiger partial charge in [0.15, 0.2) is 0 Å².